The highest BCUT2D eigenvalue weighted by atomic mass is 35.5. The van der Waals surface area contributed by atoms with E-state index in [2.05, 4.69) is 27.2 Å². The number of benzene rings is 2. The van der Waals surface area contributed by atoms with Crippen LogP contribution in [0.3, 0.4) is 0 Å². The number of rotatable bonds is 6. The maximum Gasteiger partial charge on any atom is 0.255 e. The summed E-state index contributed by atoms with van der Waals surface area (Å²) in [5.74, 6) is 0.350. The molecule has 2 aromatic rings. The van der Waals surface area contributed by atoms with Crippen LogP contribution in [0.1, 0.15) is 10.4 Å². The normalized spacial score (nSPS) is 14.9. The Balaban J connectivity index is 1.45. The number of carbonyl (C=O) groups excluding carboxylic acids is 1. The van der Waals surface area contributed by atoms with Crippen molar-refractivity contribution in [2.45, 2.75) is 0 Å². The number of halogens is 2. The molecule has 0 radical (unpaired) electrons. The van der Waals surface area contributed by atoms with Gasteiger partial charge in [-0.25, -0.2) is 0 Å². The van der Waals surface area contributed by atoms with Crippen LogP contribution in [0.15, 0.2) is 42.5 Å². The van der Waals surface area contributed by atoms with Crippen molar-refractivity contribution in [3.05, 3.63) is 58.1 Å². The third kappa shape index (κ3) is 5.28. The van der Waals surface area contributed by atoms with Crippen LogP contribution in [0.2, 0.25) is 10.0 Å². The van der Waals surface area contributed by atoms with Crippen molar-refractivity contribution in [3.63, 3.8) is 0 Å². The van der Waals surface area contributed by atoms with E-state index in [-0.39, 0.29) is 5.91 Å². The molecule has 7 heteroatoms. The van der Waals surface area contributed by atoms with Crippen LogP contribution in [-0.4, -0.2) is 57.2 Å². The third-order valence-corrected chi connectivity index (χ3v) is 5.17. The zero-order valence-corrected chi connectivity index (χ0v) is 16.8. The van der Waals surface area contributed by atoms with Gasteiger partial charge in [-0.15, -0.1) is 0 Å². The summed E-state index contributed by atoms with van der Waals surface area (Å²) in [6, 6.07) is 13.0. The second-order valence-electron chi connectivity index (χ2n) is 6.41. The number of nitrogens with one attached hydrogen (secondary N) is 1. The molecule has 0 atom stereocenters. The molecule has 1 aliphatic heterocycles. The van der Waals surface area contributed by atoms with E-state index in [1.807, 2.05) is 12.1 Å². The molecule has 1 heterocycles. The molecule has 27 heavy (non-hydrogen) atoms. The Morgan fingerprint density at radius 3 is 2.37 bits per heavy atom. The van der Waals surface area contributed by atoms with Gasteiger partial charge in [0, 0.05) is 55.0 Å². The molecule has 1 N–H and O–H groups in total. The van der Waals surface area contributed by atoms with Gasteiger partial charge < -0.3 is 15.0 Å². The first-order valence-electron chi connectivity index (χ1n) is 8.91. The number of carbonyl (C=O) groups is 1. The standard InChI is InChI=1S/C20H23Cl2N3O2/c1-27-19-7-4-16(22)14-18(19)20(26)23-8-9-24-10-12-25(13-11-24)17-5-2-15(21)3-6-17/h2-7,14H,8-13H2,1H3,(H,23,26). The average Bonchev–Trinajstić information content (AvgIpc) is 2.69. The highest BCUT2D eigenvalue weighted by Gasteiger charge is 2.18. The Hall–Kier alpha value is -1.95. The third-order valence-electron chi connectivity index (χ3n) is 4.68. The van der Waals surface area contributed by atoms with Gasteiger partial charge in [0.1, 0.15) is 5.75 Å². The first-order chi connectivity index (χ1) is 13.1. The fourth-order valence-electron chi connectivity index (χ4n) is 3.16. The van der Waals surface area contributed by atoms with Crippen LogP contribution >= 0.6 is 23.2 Å². The number of hydrogen-bond acceptors (Lipinski definition) is 4. The van der Waals surface area contributed by atoms with E-state index in [0.29, 0.717) is 22.9 Å². The van der Waals surface area contributed by atoms with Crippen molar-refractivity contribution < 1.29 is 9.53 Å². The minimum absolute atomic E-state index is 0.172. The lowest BCUT2D eigenvalue weighted by molar-refractivity contribution is 0.0944. The van der Waals surface area contributed by atoms with Crippen LogP contribution in [0.25, 0.3) is 0 Å². The molecule has 0 bridgehead atoms. The molecule has 5 nitrogen and oxygen atoms in total. The van der Waals surface area contributed by atoms with Crippen molar-refractivity contribution in [3.8, 4) is 5.75 Å². The predicted molar refractivity (Wildman–Crippen MR) is 110 cm³/mol. The van der Waals surface area contributed by atoms with Gasteiger partial charge in [-0.1, -0.05) is 23.2 Å². The Labute approximate surface area is 169 Å². The molecular weight excluding hydrogens is 385 g/mol. The van der Waals surface area contributed by atoms with Crippen molar-refractivity contribution >= 4 is 34.8 Å². The van der Waals surface area contributed by atoms with Gasteiger partial charge >= 0.3 is 0 Å². The lowest BCUT2D eigenvalue weighted by atomic mass is 10.2. The summed E-state index contributed by atoms with van der Waals surface area (Å²) in [4.78, 5) is 17.1. The molecule has 0 spiro atoms. The maximum absolute atomic E-state index is 12.4. The summed E-state index contributed by atoms with van der Waals surface area (Å²) in [7, 11) is 1.54. The van der Waals surface area contributed by atoms with Gasteiger partial charge in [0.2, 0.25) is 0 Å². The van der Waals surface area contributed by atoms with E-state index in [9.17, 15) is 4.79 Å². The highest BCUT2D eigenvalue weighted by molar-refractivity contribution is 6.31. The predicted octanol–water partition coefficient (Wildman–Crippen LogP) is 3.55. The lowest BCUT2D eigenvalue weighted by Crippen LogP contribution is -2.48. The topological polar surface area (TPSA) is 44.8 Å². The molecule has 1 aliphatic rings. The molecule has 0 unspecified atom stereocenters. The van der Waals surface area contributed by atoms with Crippen molar-refractivity contribution in [2.75, 3.05) is 51.3 Å². The van der Waals surface area contributed by atoms with Crippen molar-refractivity contribution in [1.29, 1.82) is 0 Å². The molecule has 0 saturated carbocycles. The fraction of sp³-hybridized carbons (Fsp3) is 0.350. The largest absolute Gasteiger partial charge is 0.496 e. The number of piperazine rings is 1. The second kappa shape index (κ2) is 9.31. The number of anilines is 1. The van der Waals surface area contributed by atoms with Crippen LogP contribution in [0.4, 0.5) is 5.69 Å². The summed E-state index contributed by atoms with van der Waals surface area (Å²) in [6.45, 7) is 5.21. The van der Waals surface area contributed by atoms with E-state index in [0.717, 1.165) is 37.7 Å². The van der Waals surface area contributed by atoms with Crippen LogP contribution in [0.5, 0.6) is 5.75 Å². The number of methoxy groups -OCH3 is 1. The summed E-state index contributed by atoms with van der Waals surface area (Å²) >= 11 is 11.9. The van der Waals surface area contributed by atoms with Crippen LogP contribution < -0.4 is 15.0 Å². The Morgan fingerprint density at radius 2 is 1.70 bits per heavy atom. The SMILES string of the molecule is COc1ccc(Cl)cc1C(=O)NCCN1CCN(c2ccc(Cl)cc2)CC1. The van der Waals surface area contributed by atoms with Gasteiger partial charge in [0.25, 0.3) is 5.91 Å². The number of nitrogens with zero attached hydrogens (tertiary/aromatic N) is 2. The summed E-state index contributed by atoms with van der Waals surface area (Å²) in [6.07, 6.45) is 0. The number of hydrogen-bond donors (Lipinski definition) is 1. The monoisotopic (exact) mass is 407 g/mol. The minimum Gasteiger partial charge on any atom is -0.496 e. The molecule has 1 amide bonds. The van der Waals surface area contributed by atoms with Gasteiger partial charge in [-0.2, -0.15) is 0 Å². The first kappa shape index (κ1) is 19.8. The lowest BCUT2D eigenvalue weighted by Gasteiger charge is -2.36. The Bertz CT molecular complexity index is 775. The van der Waals surface area contributed by atoms with Gasteiger partial charge in [-0.05, 0) is 42.5 Å². The molecule has 1 saturated heterocycles. The molecule has 0 aliphatic carbocycles. The molecule has 1 fully saturated rings. The van der Waals surface area contributed by atoms with Gasteiger partial charge in [0.15, 0.2) is 0 Å². The van der Waals surface area contributed by atoms with Gasteiger partial charge in [0.05, 0.1) is 12.7 Å². The quantitative estimate of drug-likeness (QED) is 0.794. The zero-order valence-electron chi connectivity index (χ0n) is 15.3. The second-order valence-corrected chi connectivity index (χ2v) is 7.28. The minimum atomic E-state index is -0.172. The van der Waals surface area contributed by atoms with E-state index in [1.54, 1.807) is 25.3 Å². The molecule has 3 rings (SSSR count). The van der Waals surface area contributed by atoms with E-state index in [1.165, 1.54) is 5.69 Å². The average molecular weight is 408 g/mol. The molecule has 2 aromatic carbocycles. The Morgan fingerprint density at radius 1 is 1.04 bits per heavy atom. The molecule has 144 valence electrons. The summed E-state index contributed by atoms with van der Waals surface area (Å²) in [5.41, 5.74) is 1.65. The Kier molecular flexibility index (Phi) is 6.83. The molecule has 0 aromatic heterocycles. The zero-order chi connectivity index (χ0) is 19.2. The molecular formula is C20H23Cl2N3O2. The number of amides is 1. The van der Waals surface area contributed by atoms with E-state index < -0.39 is 0 Å². The number of ether oxygens (including phenoxy) is 1. The fourth-order valence-corrected chi connectivity index (χ4v) is 3.46. The van der Waals surface area contributed by atoms with E-state index in [4.69, 9.17) is 27.9 Å². The van der Waals surface area contributed by atoms with Crippen LogP contribution in [0, 0.1) is 0 Å². The van der Waals surface area contributed by atoms with Gasteiger partial charge in [-0.3, -0.25) is 9.69 Å². The summed E-state index contributed by atoms with van der Waals surface area (Å²) in [5, 5.41) is 4.22. The smallest absolute Gasteiger partial charge is 0.255 e. The van der Waals surface area contributed by atoms with Crippen molar-refractivity contribution in [1.82, 2.24) is 10.2 Å². The maximum atomic E-state index is 12.4. The highest BCUT2D eigenvalue weighted by Crippen LogP contribution is 2.22. The summed E-state index contributed by atoms with van der Waals surface area (Å²) < 4.78 is 5.24. The van der Waals surface area contributed by atoms with E-state index >= 15 is 0 Å². The first-order valence-corrected chi connectivity index (χ1v) is 9.67. The van der Waals surface area contributed by atoms with Crippen LogP contribution in [-0.2, 0) is 0 Å². The van der Waals surface area contributed by atoms with Crippen molar-refractivity contribution in [2.24, 2.45) is 0 Å².